The Balaban J connectivity index is 2.70. The molecule has 0 spiro atoms. The molecule has 1 aromatic carbocycles. The number of methoxy groups -OCH3 is 2. The Morgan fingerprint density at radius 3 is 2.37 bits per heavy atom. The van der Waals surface area contributed by atoms with E-state index in [9.17, 15) is 0 Å². The fourth-order valence-electron chi connectivity index (χ4n) is 2.23. The molecular weight excluding hydrogens is 240 g/mol. The maximum absolute atomic E-state index is 6.16. The summed E-state index contributed by atoms with van der Waals surface area (Å²) in [6.45, 7) is 4.32. The third-order valence-electron chi connectivity index (χ3n) is 3.03. The Kier molecular flexibility index (Phi) is 3.79. The van der Waals surface area contributed by atoms with Crippen molar-refractivity contribution in [1.82, 2.24) is 4.98 Å². The van der Waals surface area contributed by atoms with Gasteiger partial charge in [0.05, 0.1) is 19.6 Å². The van der Waals surface area contributed by atoms with Crippen molar-refractivity contribution in [3.63, 3.8) is 0 Å². The van der Waals surface area contributed by atoms with Crippen molar-refractivity contribution in [3.05, 3.63) is 23.9 Å². The highest BCUT2D eigenvalue weighted by Crippen LogP contribution is 2.36. The molecule has 4 heteroatoms. The van der Waals surface area contributed by atoms with Crippen LogP contribution in [0.4, 0.5) is 5.69 Å². The molecule has 2 rings (SSSR count). The van der Waals surface area contributed by atoms with Crippen LogP contribution in [0.25, 0.3) is 10.9 Å². The number of hydrogen-bond acceptors (Lipinski definition) is 4. The van der Waals surface area contributed by atoms with Crippen LogP contribution in [0.2, 0.25) is 0 Å². The first kappa shape index (κ1) is 13.5. The summed E-state index contributed by atoms with van der Waals surface area (Å²) in [5.74, 6) is 1.96. The van der Waals surface area contributed by atoms with Crippen LogP contribution in [0, 0.1) is 5.92 Å². The number of pyridine rings is 1. The number of fused-ring (bicyclic) bond motifs is 1. The van der Waals surface area contributed by atoms with Crippen molar-refractivity contribution in [2.24, 2.45) is 5.92 Å². The normalized spacial score (nSPS) is 11.0. The smallest absolute Gasteiger partial charge is 0.145 e. The summed E-state index contributed by atoms with van der Waals surface area (Å²) in [5.41, 5.74) is 8.57. The van der Waals surface area contributed by atoms with Crippen LogP contribution in [0.5, 0.6) is 11.5 Å². The van der Waals surface area contributed by atoms with Gasteiger partial charge in [-0.1, -0.05) is 13.8 Å². The van der Waals surface area contributed by atoms with Crippen LogP contribution in [-0.2, 0) is 6.42 Å². The lowest BCUT2D eigenvalue weighted by atomic mass is 10.0. The second-order valence-electron chi connectivity index (χ2n) is 4.99. The van der Waals surface area contributed by atoms with Crippen molar-refractivity contribution >= 4 is 16.6 Å². The largest absolute Gasteiger partial charge is 0.496 e. The van der Waals surface area contributed by atoms with E-state index in [-0.39, 0.29) is 0 Å². The number of aromatic nitrogens is 1. The maximum Gasteiger partial charge on any atom is 0.145 e. The predicted octanol–water partition coefficient (Wildman–Crippen LogP) is 3.03. The zero-order valence-corrected chi connectivity index (χ0v) is 11.9. The van der Waals surface area contributed by atoms with Gasteiger partial charge in [-0.15, -0.1) is 0 Å². The van der Waals surface area contributed by atoms with Crippen LogP contribution in [-0.4, -0.2) is 19.2 Å². The SMILES string of the molecule is COc1ccc(OC)c2c(N)cc(CC(C)C)nc12. The molecule has 0 saturated carbocycles. The number of rotatable bonds is 4. The van der Waals surface area contributed by atoms with Gasteiger partial charge in [0.1, 0.15) is 17.0 Å². The minimum Gasteiger partial charge on any atom is -0.496 e. The molecule has 0 amide bonds. The average Bonchev–Trinajstić information content (AvgIpc) is 2.36. The van der Waals surface area contributed by atoms with E-state index in [2.05, 4.69) is 18.8 Å². The molecule has 0 fully saturated rings. The minimum atomic E-state index is 0.529. The van der Waals surface area contributed by atoms with Gasteiger partial charge in [0.15, 0.2) is 0 Å². The van der Waals surface area contributed by atoms with E-state index in [1.54, 1.807) is 14.2 Å². The average molecular weight is 260 g/mol. The van der Waals surface area contributed by atoms with E-state index in [1.165, 1.54) is 0 Å². The van der Waals surface area contributed by atoms with Gasteiger partial charge in [-0.2, -0.15) is 0 Å². The number of nitrogens with zero attached hydrogens (tertiary/aromatic N) is 1. The first-order chi connectivity index (χ1) is 9.06. The summed E-state index contributed by atoms with van der Waals surface area (Å²) in [4.78, 5) is 4.67. The first-order valence-corrected chi connectivity index (χ1v) is 6.37. The van der Waals surface area contributed by atoms with E-state index >= 15 is 0 Å². The lowest BCUT2D eigenvalue weighted by Crippen LogP contribution is -2.02. The third-order valence-corrected chi connectivity index (χ3v) is 3.03. The molecule has 1 heterocycles. The topological polar surface area (TPSA) is 57.4 Å². The molecule has 19 heavy (non-hydrogen) atoms. The van der Waals surface area contributed by atoms with Crippen LogP contribution in [0.3, 0.4) is 0 Å². The molecule has 0 unspecified atom stereocenters. The molecule has 0 bridgehead atoms. The van der Waals surface area contributed by atoms with E-state index in [0.29, 0.717) is 17.4 Å². The second kappa shape index (κ2) is 5.34. The van der Waals surface area contributed by atoms with Gasteiger partial charge in [-0.25, -0.2) is 4.98 Å². The zero-order chi connectivity index (χ0) is 14.0. The highest BCUT2D eigenvalue weighted by molar-refractivity contribution is 5.99. The van der Waals surface area contributed by atoms with Crippen molar-refractivity contribution in [1.29, 1.82) is 0 Å². The predicted molar refractivity (Wildman–Crippen MR) is 77.8 cm³/mol. The summed E-state index contributed by atoms with van der Waals surface area (Å²) in [6, 6.07) is 5.62. The van der Waals surface area contributed by atoms with Gasteiger partial charge >= 0.3 is 0 Å². The molecule has 0 aliphatic heterocycles. The van der Waals surface area contributed by atoms with Crippen LogP contribution in [0.1, 0.15) is 19.5 Å². The van der Waals surface area contributed by atoms with Crippen molar-refractivity contribution < 1.29 is 9.47 Å². The Labute approximate surface area is 113 Å². The molecule has 0 aliphatic carbocycles. The van der Waals surface area contributed by atoms with Gasteiger partial charge in [0, 0.05) is 11.4 Å². The first-order valence-electron chi connectivity index (χ1n) is 6.37. The van der Waals surface area contributed by atoms with Crippen molar-refractivity contribution in [3.8, 4) is 11.5 Å². The third kappa shape index (κ3) is 2.57. The molecule has 0 atom stereocenters. The van der Waals surface area contributed by atoms with E-state index < -0.39 is 0 Å². The Hall–Kier alpha value is -1.97. The van der Waals surface area contributed by atoms with E-state index in [1.807, 2.05) is 18.2 Å². The fourth-order valence-corrected chi connectivity index (χ4v) is 2.23. The van der Waals surface area contributed by atoms with Crippen molar-refractivity contribution in [2.45, 2.75) is 20.3 Å². The highest BCUT2D eigenvalue weighted by atomic mass is 16.5. The van der Waals surface area contributed by atoms with Crippen LogP contribution >= 0.6 is 0 Å². The number of nitrogens with two attached hydrogens (primary N) is 1. The molecule has 1 aromatic heterocycles. The Morgan fingerprint density at radius 1 is 1.16 bits per heavy atom. The summed E-state index contributed by atoms with van der Waals surface area (Å²) in [6.07, 6.45) is 0.889. The molecule has 0 aliphatic rings. The van der Waals surface area contributed by atoms with Gasteiger partial charge in [-0.05, 0) is 30.5 Å². The lowest BCUT2D eigenvalue weighted by molar-refractivity contribution is 0.409. The second-order valence-corrected chi connectivity index (χ2v) is 4.99. The summed E-state index contributed by atoms with van der Waals surface area (Å²) in [5, 5.41) is 0.814. The molecule has 4 nitrogen and oxygen atoms in total. The van der Waals surface area contributed by atoms with Gasteiger partial charge in [0.2, 0.25) is 0 Å². The van der Waals surface area contributed by atoms with E-state index in [0.717, 1.165) is 28.8 Å². The van der Waals surface area contributed by atoms with Gasteiger partial charge in [0.25, 0.3) is 0 Å². The quantitative estimate of drug-likeness (QED) is 0.918. The monoisotopic (exact) mass is 260 g/mol. The molecule has 0 saturated heterocycles. The number of anilines is 1. The summed E-state index contributed by atoms with van der Waals surface area (Å²) >= 11 is 0. The van der Waals surface area contributed by atoms with Crippen LogP contribution < -0.4 is 15.2 Å². The van der Waals surface area contributed by atoms with E-state index in [4.69, 9.17) is 15.2 Å². The number of nitrogen functional groups attached to an aromatic ring is 1. The van der Waals surface area contributed by atoms with Gasteiger partial charge < -0.3 is 15.2 Å². The number of ether oxygens (including phenoxy) is 2. The lowest BCUT2D eigenvalue weighted by Gasteiger charge is -2.13. The molecule has 2 N–H and O–H groups in total. The minimum absolute atomic E-state index is 0.529. The van der Waals surface area contributed by atoms with Crippen LogP contribution in [0.15, 0.2) is 18.2 Å². The number of benzene rings is 1. The molecule has 0 radical (unpaired) electrons. The summed E-state index contributed by atoms with van der Waals surface area (Å²) < 4.78 is 10.7. The van der Waals surface area contributed by atoms with Crippen molar-refractivity contribution in [2.75, 3.05) is 20.0 Å². The van der Waals surface area contributed by atoms with Gasteiger partial charge in [-0.3, -0.25) is 0 Å². The zero-order valence-electron chi connectivity index (χ0n) is 11.9. The Morgan fingerprint density at radius 2 is 1.79 bits per heavy atom. The maximum atomic E-state index is 6.16. The molecular formula is C15H20N2O2. The highest BCUT2D eigenvalue weighted by Gasteiger charge is 2.13. The molecule has 2 aromatic rings. The standard InChI is InChI=1S/C15H20N2O2/c1-9(2)7-10-8-11(16)14-12(18-3)5-6-13(19-4)15(14)17-10/h5-6,8-9H,7H2,1-4H3,(H2,16,17). The fraction of sp³-hybridized carbons (Fsp3) is 0.400. The number of hydrogen-bond donors (Lipinski definition) is 1. The molecule has 102 valence electrons. The Bertz CT molecular complexity index is 594. The summed E-state index contributed by atoms with van der Waals surface area (Å²) in [7, 11) is 3.26.